The van der Waals surface area contributed by atoms with Crippen LogP contribution in [-0.4, -0.2) is 55.5 Å². The van der Waals surface area contributed by atoms with Crippen molar-refractivity contribution in [2.24, 2.45) is 0 Å². The van der Waals surface area contributed by atoms with Crippen molar-refractivity contribution in [1.29, 1.82) is 0 Å². The fraction of sp³-hybridized carbons (Fsp3) is 0.429. The lowest BCUT2D eigenvalue weighted by Gasteiger charge is -2.46. The topological polar surface area (TPSA) is 102 Å². The summed E-state index contributed by atoms with van der Waals surface area (Å²) in [6.07, 6.45) is 0.296. The molecular weight excluding hydrogens is 562 g/mol. The zero-order chi connectivity index (χ0) is 30.6. The summed E-state index contributed by atoms with van der Waals surface area (Å²) in [5.41, 5.74) is 2.51. The van der Waals surface area contributed by atoms with Crippen LogP contribution in [0.25, 0.3) is 0 Å². The van der Waals surface area contributed by atoms with E-state index >= 15 is 0 Å². The van der Waals surface area contributed by atoms with Crippen molar-refractivity contribution in [3.63, 3.8) is 0 Å². The first-order valence-corrected chi connectivity index (χ1v) is 15.3. The van der Waals surface area contributed by atoms with Crippen LogP contribution in [0.4, 0.5) is 10.5 Å². The highest BCUT2D eigenvalue weighted by atomic mass is 16.7. The molecule has 0 unspecified atom stereocenters. The number of nitrogens with one attached hydrogen (secondary N) is 1. The maximum Gasteiger partial charge on any atom is 0.411 e. The van der Waals surface area contributed by atoms with Crippen LogP contribution in [0.2, 0.25) is 0 Å². The van der Waals surface area contributed by atoms with Crippen LogP contribution in [0.3, 0.4) is 0 Å². The van der Waals surface area contributed by atoms with Gasteiger partial charge in [-0.3, -0.25) is 10.1 Å². The van der Waals surface area contributed by atoms with Crippen molar-refractivity contribution in [3.8, 4) is 0 Å². The van der Waals surface area contributed by atoms with Gasteiger partial charge in [-0.05, 0) is 36.1 Å². The van der Waals surface area contributed by atoms with Gasteiger partial charge in [-0.2, -0.15) is 0 Å². The Morgan fingerprint density at radius 3 is 1.91 bits per heavy atom. The molecule has 1 saturated carbocycles. The first-order chi connectivity index (χ1) is 21.5. The summed E-state index contributed by atoms with van der Waals surface area (Å²) in [5.74, 6) is -0.515. The highest BCUT2D eigenvalue weighted by molar-refractivity contribution is 5.84. The number of benzene rings is 3. The van der Waals surface area contributed by atoms with E-state index in [0.717, 1.165) is 36.8 Å². The van der Waals surface area contributed by atoms with Gasteiger partial charge in [-0.25, -0.2) is 4.79 Å². The van der Waals surface area contributed by atoms with E-state index in [9.17, 15) is 9.59 Å². The van der Waals surface area contributed by atoms with Gasteiger partial charge in [0.1, 0.15) is 24.9 Å². The van der Waals surface area contributed by atoms with Crippen molar-refractivity contribution in [2.75, 3.05) is 11.9 Å². The van der Waals surface area contributed by atoms with Crippen molar-refractivity contribution in [2.45, 2.75) is 89.1 Å². The fourth-order valence-electron chi connectivity index (χ4n) is 5.58. The predicted molar refractivity (Wildman–Crippen MR) is 164 cm³/mol. The molecule has 1 aliphatic heterocycles. The second-order valence-electron chi connectivity index (χ2n) is 11.1. The van der Waals surface area contributed by atoms with Crippen LogP contribution in [-0.2, 0) is 46.4 Å². The average molecular weight is 604 g/mol. The molecule has 0 radical (unpaired) electrons. The number of anilines is 1. The average Bonchev–Trinajstić information content (AvgIpc) is 3.05. The zero-order valence-corrected chi connectivity index (χ0v) is 25.0. The molecule has 1 aliphatic carbocycles. The summed E-state index contributed by atoms with van der Waals surface area (Å²) in [4.78, 5) is 25.1. The normalized spacial score (nSPS) is 23.9. The summed E-state index contributed by atoms with van der Waals surface area (Å²) >= 11 is 0. The lowest BCUT2D eigenvalue weighted by atomic mass is 9.96. The Morgan fingerprint density at radius 1 is 0.750 bits per heavy atom. The number of rotatable bonds is 12. The van der Waals surface area contributed by atoms with E-state index in [1.165, 1.54) is 13.3 Å². The number of hydrogen-bond acceptors (Lipinski definition) is 8. The van der Waals surface area contributed by atoms with Gasteiger partial charge in [0.05, 0.1) is 19.3 Å². The maximum atomic E-state index is 12.7. The fourth-order valence-corrected chi connectivity index (χ4v) is 5.58. The summed E-state index contributed by atoms with van der Waals surface area (Å²) < 4.78 is 37.5. The maximum absolute atomic E-state index is 12.7. The van der Waals surface area contributed by atoms with E-state index < -0.39 is 42.8 Å². The molecule has 0 aromatic heterocycles. The zero-order valence-electron chi connectivity index (χ0n) is 25.0. The van der Waals surface area contributed by atoms with E-state index in [4.69, 9.17) is 28.4 Å². The second-order valence-corrected chi connectivity index (χ2v) is 11.1. The van der Waals surface area contributed by atoms with Gasteiger partial charge in [0.25, 0.3) is 0 Å². The number of ether oxygens (including phenoxy) is 6. The van der Waals surface area contributed by atoms with Crippen LogP contribution >= 0.6 is 0 Å². The van der Waals surface area contributed by atoms with Gasteiger partial charge in [-0.1, -0.05) is 98.1 Å². The summed E-state index contributed by atoms with van der Waals surface area (Å²) in [7, 11) is 0. The molecule has 2 fully saturated rings. The lowest BCUT2D eigenvalue weighted by molar-refractivity contribution is -0.330. The number of esters is 1. The third-order valence-corrected chi connectivity index (χ3v) is 7.74. The van der Waals surface area contributed by atoms with E-state index in [1.54, 1.807) is 12.1 Å². The standard InChI is InChI=1S/C35H41NO8/c1-25(37)42-31-30(24-41-35(38)36-28-18-10-4-11-19-28)44-34(43-29-20-12-5-13-21-29)33(40-23-27-16-8-3-9-17-27)32(31)39-22-26-14-6-2-7-15-26/h2-4,6-11,14-19,29-34H,5,12-13,20-24H2,1H3,(H,36,38)/t30-,31-,32+,33-,34-/m1/s1. The Bertz CT molecular complexity index is 1290. The first kappa shape index (κ1) is 31.7. The number of carbonyl (C=O) groups excluding carboxylic acids is 2. The Labute approximate surface area is 258 Å². The monoisotopic (exact) mass is 603 g/mol. The quantitative estimate of drug-likeness (QED) is 0.237. The molecule has 3 aromatic rings. The molecule has 0 spiro atoms. The minimum atomic E-state index is -0.937. The second kappa shape index (κ2) is 16.4. The molecule has 9 heteroatoms. The molecule has 5 rings (SSSR count). The molecular formula is C35H41NO8. The Hall–Kier alpha value is -3.76. The summed E-state index contributed by atoms with van der Waals surface area (Å²) in [6.45, 7) is 1.65. The Kier molecular flexibility index (Phi) is 11.8. The smallest absolute Gasteiger partial charge is 0.411 e. The molecule has 0 bridgehead atoms. The van der Waals surface area contributed by atoms with Crippen LogP contribution in [0, 0.1) is 0 Å². The van der Waals surface area contributed by atoms with Crippen LogP contribution in [0.15, 0.2) is 91.0 Å². The largest absolute Gasteiger partial charge is 0.457 e. The highest BCUT2D eigenvalue weighted by Crippen LogP contribution is 2.33. The lowest BCUT2D eigenvalue weighted by Crippen LogP contribution is -2.62. The molecule has 1 heterocycles. The van der Waals surface area contributed by atoms with Gasteiger partial charge in [0.15, 0.2) is 12.4 Å². The van der Waals surface area contributed by atoms with Gasteiger partial charge in [0, 0.05) is 12.6 Å². The van der Waals surface area contributed by atoms with Crippen molar-refractivity contribution >= 4 is 17.7 Å². The Morgan fingerprint density at radius 2 is 1.32 bits per heavy atom. The van der Waals surface area contributed by atoms with E-state index in [0.29, 0.717) is 5.69 Å². The predicted octanol–water partition coefficient (Wildman–Crippen LogP) is 6.41. The SMILES string of the molecule is CC(=O)O[C@H]1[C@H](OCc2ccccc2)[C@@H](OCc2ccccc2)[C@H](OC2CCCCC2)O[C@@H]1COC(=O)Nc1ccccc1. The molecule has 2 aliphatic rings. The van der Waals surface area contributed by atoms with Crippen LogP contribution < -0.4 is 5.32 Å². The van der Waals surface area contributed by atoms with E-state index in [-0.39, 0.29) is 25.9 Å². The van der Waals surface area contributed by atoms with Gasteiger partial charge in [0.2, 0.25) is 0 Å². The molecule has 1 saturated heterocycles. The molecule has 9 nitrogen and oxygen atoms in total. The number of hydrogen-bond donors (Lipinski definition) is 1. The number of amides is 1. The van der Waals surface area contributed by atoms with Crippen LogP contribution in [0.5, 0.6) is 0 Å². The Balaban J connectivity index is 1.40. The van der Waals surface area contributed by atoms with Crippen molar-refractivity contribution < 1.29 is 38.0 Å². The van der Waals surface area contributed by atoms with Crippen molar-refractivity contribution in [1.82, 2.24) is 0 Å². The van der Waals surface area contributed by atoms with Gasteiger partial charge in [-0.15, -0.1) is 0 Å². The van der Waals surface area contributed by atoms with Crippen molar-refractivity contribution in [3.05, 3.63) is 102 Å². The highest BCUT2D eigenvalue weighted by Gasteiger charge is 2.51. The summed E-state index contributed by atoms with van der Waals surface area (Å²) in [6, 6.07) is 28.5. The molecule has 5 atom stereocenters. The number of carbonyl (C=O) groups is 2. The minimum absolute atomic E-state index is 0.0143. The first-order valence-electron chi connectivity index (χ1n) is 15.3. The van der Waals surface area contributed by atoms with E-state index in [1.807, 2.05) is 78.9 Å². The molecule has 44 heavy (non-hydrogen) atoms. The molecule has 234 valence electrons. The van der Waals surface area contributed by atoms with Gasteiger partial charge < -0.3 is 28.4 Å². The third kappa shape index (κ3) is 9.37. The third-order valence-electron chi connectivity index (χ3n) is 7.74. The minimum Gasteiger partial charge on any atom is -0.457 e. The van der Waals surface area contributed by atoms with Crippen LogP contribution in [0.1, 0.15) is 50.2 Å². The molecule has 1 amide bonds. The molecule has 3 aromatic carbocycles. The number of para-hydroxylation sites is 1. The van der Waals surface area contributed by atoms with E-state index in [2.05, 4.69) is 5.32 Å². The summed E-state index contributed by atoms with van der Waals surface area (Å²) in [5, 5.41) is 2.71. The van der Waals surface area contributed by atoms with Gasteiger partial charge >= 0.3 is 12.1 Å². The molecule has 1 N–H and O–H groups in total.